The smallest absolute Gasteiger partial charge is 0.0551 e. The van der Waals surface area contributed by atoms with Crippen LogP contribution in [0.4, 0.5) is 0 Å². The van der Waals surface area contributed by atoms with Crippen LogP contribution in [-0.4, -0.2) is 12.4 Å². The van der Waals surface area contributed by atoms with Crippen molar-refractivity contribution in [1.29, 1.82) is 0 Å². The fourth-order valence-electron chi connectivity index (χ4n) is 0.911. The van der Waals surface area contributed by atoms with Crippen molar-refractivity contribution >= 4 is 12.4 Å². The van der Waals surface area contributed by atoms with Gasteiger partial charge in [-0.05, 0) is 19.8 Å². The van der Waals surface area contributed by atoms with Gasteiger partial charge in [-0.1, -0.05) is 13.8 Å². The molecular formula is C10H16N2. The monoisotopic (exact) mass is 164 g/mol. The molecule has 1 atom stereocenters. The first kappa shape index (κ1) is 9.17. The van der Waals surface area contributed by atoms with E-state index in [9.17, 15) is 0 Å². The maximum absolute atomic E-state index is 4.31. The van der Waals surface area contributed by atoms with E-state index in [1.807, 2.05) is 19.4 Å². The van der Waals surface area contributed by atoms with Gasteiger partial charge in [0.15, 0.2) is 0 Å². The van der Waals surface area contributed by atoms with Crippen LogP contribution < -0.4 is 0 Å². The summed E-state index contributed by atoms with van der Waals surface area (Å²) in [6, 6.07) is 0. The predicted molar refractivity (Wildman–Crippen MR) is 53.7 cm³/mol. The number of nitrogens with zero attached hydrogens (tertiary/aromatic N) is 2. The van der Waals surface area contributed by atoms with Crippen molar-refractivity contribution in [1.82, 2.24) is 0 Å². The molecule has 66 valence electrons. The summed E-state index contributed by atoms with van der Waals surface area (Å²) in [6.45, 7) is 8.47. The third-order valence-corrected chi connectivity index (χ3v) is 2.40. The van der Waals surface area contributed by atoms with Crippen molar-refractivity contribution in [3.8, 4) is 0 Å². The van der Waals surface area contributed by atoms with Gasteiger partial charge in [-0.25, -0.2) is 0 Å². The molecule has 1 aliphatic heterocycles. The molecule has 0 aliphatic carbocycles. The zero-order valence-corrected chi connectivity index (χ0v) is 8.20. The van der Waals surface area contributed by atoms with Gasteiger partial charge in [0.25, 0.3) is 0 Å². The van der Waals surface area contributed by atoms with Gasteiger partial charge in [0, 0.05) is 24.0 Å². The molecule has 1 unspecified atom stereocenters. The summed E-state index contributed by atoms with van der Waals surface area (Å²) >= 11 is 0. The third-order valence-electron chi connectivity index (χ3n) is 2.40. The number of hydrogen-bond acceptors (Lipinski definition) is 2. The largest absolute Gasteiger partial charge is 0.266 e. The lowest BCUT2D eigenvalue weighted by atomic mass is 9.81. The van der Waals surface area contributed by atoms with E-state index in [-0.39, 0.29) is 5.41 Å². The Labute approximate surface area is 74.1 Å². The van der Waals surface area contributed by atoms with Gasteiger partial charge in [0.2, 0.25) is 0 Å². The maximum atomic E-state index is 4.31. The first-order chi connectivity index (χ1) is 5.54. The highest BCUT2D eigenvalue weighted by Gasteiger charge is 2.24. The maximum Gasteiger partial charge on any atom is 0.0551 e. The minimum Gasteiger partial charge on any atom is -0.266 e. The predicted octanol–water partition coefficient (Wildman–Crippen LogP) is 2.67. The standard InChI is InChI=1S/C10H16N2/c1-8(2)10(4)6-11-5-9(3)12-7-10/h5-8H,1-4H3. The Morgan fingerprint density at radius 2 is 2.00 bits per heavy atom. The van der Waals surface area contributed by atoms with Crippen LogP contribution in [0, 0.1) is 11.3 Å². The second-order valence-electron chi connectivity index (χ2n) is 3.83. The number of aliphatic imine (C=N–C) groups is 2. The van der Waals surface area contributed by atoms with Gasteiger partial charge in [-0.15, -0.1) is 0 Å². The van der Waals surface area contributed by atoms with Crippen molar-refractivity contribution < 1.29 is 0 Å². The lowest BCUT2D eigenvalue weighted by Gasteiger charge is -2.23. The molecule has 0 aromatic carbocycles. The van der Waals surface area contributed by atoms with Crippen molar-refractivity contribution in [3.05, 3.63) is 11.9 Å². The van der Waals surface area contributed by atoms with E-state index < -0.39 is 0 Å². The van der Waals surface area contributed by atoms with E-state index in [4.69, 9.17) is 0 Å². The number of hydrogen-bond donors (Lipinski definition) is 0. The molecule has 0 spiro atoms. The van der Waals surface area contributed by atoms with Crippen LogP contribution in [0.2, 0.25) is 0 Å². The highest BCUT2D eigenvalue weighted by atomic mass is 14.8. The lowest BCUT2D eigenvalue weighted by Crippen LogP contribution is -2.26. The Bertz CT molecular complexity index is 249. The van der Waals surface area contributed by atoms with Crippen molar-refractivity contribution in [2.24, 2.45) is 21.3 Å². The van der Waals surface area contributed by atoms with Gasteiger partial charge in [-0.2, -0.15) is 0 Å². The molecule has 0 radical (unpaired) electrons. The number of allylic oxidation sites excluding steroid dienone is 1. The fraction of sp³-hybridized carbons (Fsp3) is 0.600. The summed E-state index contributed by atoms with van der Waals surface area (Å²) in [5.74, 6) is 0.532. The summed E-state index contributed by atoms with van der Waals surface area (Å²) in [4.78, 5) is 8.52. The molecule has 1 aliphatic rings. The summed E-state index contributed by atoms with van der Waals surface area (Å²) in [5.41, 5.74) is 0.976. The van der Waals surface area contributed by atoms with E-state index in [2.05, 4.69) is 30.8 Å². The molecule has 0 amide bonds. The SMILES string of the molecule is CC1=CN=CC(C)(C(C)C)C=N1. The van der Waals surface area contributed by atoms with Gasteiger partial charge in [-0.3, -0.25) is 9.98 Å². The van der Waals surface area contributed by atoms with Crippen molar-refractivity contribution in [3.63, 3.8) is 0 Å². The molecule has 2 nitrogen and oxygen atoms in total. The highest BCUT2D eigenvalue weighted by molar-refractivity contribution is 5.90. The van der Waals surface area contributed by atoms with Crippen molar-refractivity contribution in [2.45, 2.75) is 27.7 Å². The van der Waals surface area contributed by atoms with Gasteiger partial charge < -0.3 is 0 Å². The average molecular weight is 164 g/mol. The van der Waals surface area contributed by atoms with Crippen LogP contribution in [0.15, 0.2) is 21.9 Å². The second-order valence-corrected chi connectivity index (χ2v) is 3.83. The molecule has 0 aromatic heterocycles. The Balaban J connectivity index is 2.92. The van der Waals surface area contributed by atoms with E-state index in [1.54, 1.807) is 6.20 Å². The normalized spacial score (nSPS) is 28.9. The van der Waals surface area contributed by atoms with E-state index in [1.165, 1.54) is 0 Å². The third kappa shape index (κ3) is 1.81. The topological polar surface area (TPSA) is 24.7 Å². The molecular weight excluding hydrogens is 148 g/mol. The number of rotatable bonds is 1. The average Bonchev–Trinajstić information content (AvgIpc) is 2.15. The van der Waals surface area contributed by atoms with E-state index >= 15 is 0 Å². The zero-order chi connectivity index (χ0) is 9.19. The Morgan fingerprint density at radius 3 is 2.58 bits per heavy atom. The lowest BCUT2D eigenvalue weighted by molar-refractivity contribution is 0.464. The summed E-state index contributed by atoms with van der Waals surface area (Å²) in [7, 11) is 0. The van der Waals surface area contributed by atoms with Crippen LogP contribution in [0.3, 0.4) is 0 Å². The molecule has 0 saturated carbocycles. The zero-order valence-electron chi connectivity index (χ0n) is 8.20. The second kappa shape index (κ2) is 3.21. The Morgan fingerprint density at radius 1 is 1.33 bits per heavy atom. The summed E-state index contributed by atoms with van der Waals surface area (Å²) < 4.78 is 0. The summed E-state index contributed by atoms with van der Waals surface area (Å²) in [6.07, 6.45) is 5.75. The highest BCUT2D eigenvalue weighted by Crippen LogP contribution is 2.24. The van der Waals surface area contributed by atoms with Gasteiger partial charge in [0.05, 0.1) is 5.70 Å². The van der Waals surface area contributed by atoms with Crippen molar-refractivity contribution in [2.75, 3.05) is 0 Å². The first-order valence-corrected chi connectivity index (χ1v) is 4.31. The molecule has 12 heavy (non-hydrogen) atoms. The molecule has 0 aromatic rings. The molecule has 1 rings (SSSR count). The molecule has 2 heteroatoms. The molecule has 0 N–H and O–H groups in total. The van der Waals surface area contributed by atoms with Crippen LogP contribution in [0.1, 0.15) is 27.7 Å². The van der Waals surface area contributed by atoms with Gasteiger partial charge in [0.1, 0.15) is 0 Å². The molecule has 0 fully saturated rings. The van der Waals surface area contributed by atoms with E-state index in [0.717, 1.165) is 5.70 Å². The molecule has 1 heterocycles. The molecule has 0 bridgehead atoms. The minimum absolute atomic E-state index is 0.00819. The van der Waals surface area contributed by atoms with Crippen LogP contribution in [-0.2, 0) is 0 Å². The molecule has 0 saturated heterocycles. The quantitative estimate of drug-likeness (QED) is 0.569. The Kier molecular flexibility index (Phi) is 2.46. The van der Waals surface area contributed by atoms with Crippen LogP contribution in [0.25, 0.3) is 0 Å². The first-order valence-electron chi connectivity index (χ1n) is 4.31. The Hall–Kier alpha value is -0.920. The summed E-state index contributed by atoms with van der Waals surface area (Å²) in [5, 5.41) is 0. The van der Waals surface area contributed by atoms with Crippen LogP contribution in [0.5, 0.6) is 0 Å². The van der Waals surface area contributed by atoms with Crippen LogP contribution >= 0.6 is 0 Å². The fourth-order valence-corrected chi connectivity index (χ4v) is 0.911. The van der Waals surface area contributed by atoms with Gasteiger partial charge >= 0.3 is 0 Å². The minimum atomic E-state index is 0.00819. The van der Waals surface area contributed by atoms with E-state index in [0.29, 0.717) is 5.92 Å².